The van der Waals surface area contributed by atoms with Crippen molar-refractivity contribution in [1.29, 1.82) is 0 Å². The highest BCUT2D eigenvalue weighted by molar-refractivity contribution is 4.99. The fraction of sp³-hybridized carbons (Fsp3) is 0.857. The third-order valence-electron chi connectivity index (χ3n) is 3.60. The lowest BCUT2D eigenvalue weighted by molar-refractivity contribution is -0.0106. The van der Waals surface area contributed by atoms with E-state index in [0.717, 1.165) is 32.2 Å². The van der Waals surface area contributed by atoms with Crippen LogP contribution < -0.4 is 5.32 Å². The predicted octanol–water partition coefficient (Wildman–Crippen LogP) is 2.66. The molecule has 0 saturated carbocycles. The van der Waals surface area contributed by atoms with Gasteiger partial charge in [0.25, 0.3) is 0 Å². The van der Waals surface area contributed by atoms with Crippen LogP contribution in [0.2, 0.25) is 0 Å². The van der Waals surface area contributed by atoms with Gasteiger partial charge in [0, 0.05) is 19.6 Å². The molecule has 5 heteroatoms. The molecule has 0 aliphatic carbocycles. The molecule has 2 atom stereocenters. The molecular weight excluding hydrogens is 242 g/mol. The normalized spacial score (nSPS) is 16.3. The van der Waals surface area contributed by atoms with E-state index in [9.17, 15) is 0 Å². The molecular formula is C14H27N3O2. The maximum absolute atomic E-state index is 5.47. The fourth-order valence-corrected chi connectivity index (χ4v) is 1.80. The van der Waals surface area contributed by atoms with Gasteiger partial charge in [0.05, 0.1) is 0 Å². The first kappa shape index (κ1) is 16.1. The second kappa shape index (κ2) is 7.60. The molecule has 110 valence electrons. The minimum atomic E-state index is -0.451. The number of rotatable bonds is 9. The second-order valence-electron chi connectivity index (χ2n) is 5.19. The minimum Gasteiger partial charge on any atom is -0.370 e. The van der Waals surface area contributed by atoms with E-state index in [2.05, 4.69) is 36.2 Å². The van der Waals surface area contributed by atoms with Crippen LogP contribution in [-0.2, 0) is 16.8 Å². The van der Waals surface area contributed by atoms with Crippen molar-refractivity contribution >= 4 is 0 Å². The molecule has 0 fully saturated rings. The van der Waals surface area contributed by atoms with E-state index in [4.69, 9.17) is 9.26 Å². The Hall–Kier alpha value is -0.940. The van der Waals surface area contributed by atoms with E-state index < -0.39 is 5.60 Å². The van der Waals surface area contributed by atoms with Gasteiger partial charge in [-0.05, 0) is 39.7 Å². The molecule has 5 nitrogen and oxygen atoms in total. The summed E-state index contributed by atoms with van der Waals surface area (Å²) in [5.41, 5.74) is -0.451. The Morgan fingerprint density at radius 2 is 2.16 bits per heavy atom. The van der Waals surface area contributed by atoms with Crippen LogP contribution in [0.25, 0.3) is 0 Å². The average Bonchev–Trinajstić information content (AvgIpc) is 2.91. The lowest BCUT2D eigenvalue weighted by Gasteiger charge is -2.21. The van der Waals surface area contributed by atoms with Crippen LogP contribution >= 0.6 is 0 Å². The highest BCUT2D eigenvalue weighted by atomic mass is 16.5. The zero-order valence-corrected chi connectivity index (χ0v) is 12.8. The van der Waals surface area contributed by atoms with E-state index in [1.807, 2.05) is 6.92 Å². The van der Waals surface area contributed by atoms with E-state index in [0.29, 0.717) is 17.8 Å². The molecule has 0 aliphatic heterocycles. The monoisotopic (exact) mass is 269 g/mol. The number of aromatic nitrogens is 2. The highest BCUT2D eigenvalue weighted by Gasteiger charge is 2.29. The molecule has 0 aliphatic rings. The number of hydrogen-bond acceptors (Lipinski definition) is 5. The Kier molecular flexibility index (Phi) is 6.45. The summed E-state index contributed by atoms with van der Waals surface area (Å²) in [5, 5.41) is 7.49. The summed E-state index contributed by atoms with van der Waals surface area (Å²) in [7, 11) is 1.68. The van der Waals surface area contributed by atoms with Crippen LogP contribution in [0.4, 0.5) is 0 Å². The molecule has 0 amide bonds. The zero-order valence-electron chi connectivity index (χ0n) is 12.8. The van der Waals surface area contributed by atoms with Crippen molar-refractivity contribution in [3.8, 4) is 0 Å². The number of nitrogens with one attached hydrogen (secondary N) is 1. The SMILES string of the molecule is CCCNC(C)CCc1nc(C(C)(CC)OC)no1. The Bertz CT molecular complexity index is 361. The summed E-state index contributed by atoms with van der Waals surface area (Å²) in [6.07, 6.45) is 3.76. The fourth-order valence-electron chi connectivity index (χ4n) is 1.80. The van der Waals surface area contributed by atoms with Crippen molar-refractivity contribution in [2.75, 3.05) is 13.7 Å². The van der Waals surface area contributed by atoms with Crippen molar-refractivity contribution in [3.05, 3.63) is 11.7 Å². The van der Waals surface area contributed by atoms with Crippen molar-refractivity contribution in [2.24, 2.45) is 0 Å². The first-order valence-electron chi connectivity index (χ1n) is 7.17. The van der Waals surface area contributed by atoms with E-state index in [-0.39, 0.29) is 0 Å². The molecule has 1 N–H and O–H groups in total. The van der Waals surface area contributed by atoms with Gasteiger partial charge in [-0.3, -0.25) is 0 Å². The van der Waals surface area contributed by atoms with Crippen LogP contribution in [0.15, 0.2) is 4.52 Å². The molecule has 1 aromatic rings. The first-order chi connectivity index (χ1) is 9.05. The van der Waals surface area contributed by atoms with E-state index >= 15 is 0 Å². The molecule has 2 unspecified atom stereocenters. The smallest absolute Gasteiger partial charge is 0.226 e. The molecule has 0 radical (unpaired) electrons. The molecule has 1 rings (SSSR count). The third kappa shape index (κ3) is 4.58. The van der Waals surface area contributed by atoms with Gasteiger partial charge in [0.2, 0.25) is 11.7 Å². The van der Waals surface area contributed by atoms with Gasteiger partial charge in [-0.1, -0.05) is 19.0 Å². The molecule has 1 aromatic heterocycles. The number of aryl methyl sites for hydroxylation is 1. The molecule has 0 aromatic carbocycles. The Morgan fingerprint density at radius 1 is 1.42 bits per heavy atom. The van der Waals surface area contributed by atoms with Crippen LogP contribution in [0.5, 0.6) is 0 Å². The summed E-state index contributed by atoms with van der Waals surface area (Å²) in [6.45, 7) is 9.43. The topological polar surface area (TPSA) is 60.2 Å². The lowest BCUT2D eigenvalue weighted by atomic mass is 10.0. The number of hydrogen-bond donors (Lipinski definition) is 1. The highest BCUT2D eigenvalue weighted by Crippen LogP contribution is 2.25. The Labute approximate surface area is 116 Å². The van der Waals surface area contributed by atoms with Gasteiger partial charge in [-0.25, -0.2) is 0 Å². The van der Waals surface area contributed by atoms with Crippen LogP contribution in [0.1, 0.15) is 58.7 Å². The minimum absolute atomic E-state index is 0.451. The average molecular weight is 269 g/mol. The van der Waals surface area contributed by atoms with Gasteiger partial charge in [-0.15, -0.1) is 0 Å². The van der Waals surface area contributed by atoms with E-state index in [1.165, 1.54) is 0 Å². The Balaban J connectivity index is 2.51. The largest absolute Gasteiger partial charge is 0.370 e. The van der Waals surface area contributed by atoms with Crippen LogP contribution in [0.3, 0.4) is 0 Å². The second-order valence-corrected chi connectivity index (χ2v) is 5.19. The van der Waals surface area contributed by atoms with E-state index in [1.54, 1.807) is 7.11 Å². The van der Waals surface area contributed by atoms with Crippen molar-refractivity contribution in [1.82, 2.24) is 15.5 Å². The molecule has 1 heterocycles. The standard InChI is InChI=1S/C14H27N3O2/c1-6-10-15-11(3)8-9-12-16-13(17-19-12)14(4,7-2)18-5/h11,15H,6-10H2,1-5H3. The van der Waals surface area contributed by atoms with Gasteiger partial charge in [-0.2, -0.15) is 4.98 Å². The van der Waals surface area contributed by atoms with Gasteiger partial charge in [0.1, 0.15) is 5.60 Å². The molecule has 0 spiro atoms. The summed E-state index contributed by atoms with van der Waals surface area (Å²) in [4.78, 5) is 4.45. The van der Waals surface area contributed by atoms with Crippen LogP contribution in [0, 0.1) is 0 Å². The maximum Gasteiger partial charge on any atom is 0.226 e. The number of nitrogens with zero attached hydrogens (tertiary/aromatic N) is 2. The summed E-state index contributed by atoms with van der Waals surface area (Å²) < 4.78 is 10.8. The van der Waals surface area contributed by atoms with Gasteiger partial charge < -0.3 is 14.6 Å². The predicted molar refractivity (Wildman–Crippen MR) is 75.0 cm³/mol. The summed E-state index contributed by atoms with van der Waals surface area (Å²) in [5.74, 6) is 1.33. The molecule has 0 bridgehead atoms. The first-order valence-corrected chi connectivity index (χ1v) is 7.17. The molecule has 0 saturated heterocycles. The van der Waals surface area contributed by atoms with Crippen molar-refractivity contribution < 1.29 is 9.26 Å². The van der Waals surface area contributed by atoms with Crippen molar-refractivity contribution in [3.63, 3.8) is 0 Å². The number of ether oxygens (including phenoxy) is 1. The van der Waals surface area contributed by atoms with Crippen LogP contribution in [-0.4, -0.2) is 29.8 Å². The van der Waals surface area contributed by atoms with Crippen molar-refractivity contribution in [2.45, 2.75) is 65.0 Å². The third-order valence-corrected chi connectivity index (χ3v) is 3.60. The quantitative estimate of drug-likeness (QED) is 0.747. The molecule has 19 heavy (non-hydrogen) atoms. The summed E-state index contributed by atoms with van der Waals surface area (Å²) in [6, 6.07) is 0.468. The van der Waals surface area contributed by atoms with Gasteiger partial charge in [0.15, 0.2) is 0 Å². The zero-order chi connectivity index (χ0) is 14.3. The summed E-state index contributed by atoms with van der Waals surface area (Å²) >= 11 is 0. The maximum atomic E-state index is 5.47. The lowest BCUT2D eigenvalue weighted by Crippen LogP contribution is -2.27. The number of methoxy groups -OCH3 is 1. The Morgan fingerprint density at radius 3 is 2.74 bits per heavy atom. The van der Waals surface area contributed by atoms with Gasteiger partial charge >= 0.3 is 0 Å².